The second-order valence-corrected chi connectivity index (χ2v) is 10.4. The van der Waals surface area contributed by atoms with E-state index in [1.54, 1.807) is 32.4 Å². The first-order valence-electron chi connectivity index (χ1n) is 13.2. The maximum atomic E-state index is 13.2. The topological polar surface area (TPSA) is 130 Å². The van der Waals surface area contributed by atoms with Crippen molar-refractivity contribution in [1.82, 2.24) is 24.3 Å². The maximum absolute atomic E-state index is 13.2. The number of carbonyl (C=O) groups is 3. The van der Waals surface area contributed by atoms with Gasteiger partial charge < -0.3 is 29.4 Å². The molecule has 0 fully saturated rings. The number of aromatic nitrogens is 3. The van der Waals surface area contributed by atoms with Crippen LogP contribution in [0.2, 0.25) is 0 Å². The van der Waals surface area contributed by atoms with E-state index < -0.39 is 23.7 Å². The van der Waals surface area contributed by atoms with E-state index in [-0.39, 0.29) is 24.6 Å². The largest absolute Gasteiger partial charge is 0.436 e. The lowest BCUT2D eigenvalue weighted by Crippen LogP contribution is -2.37. The van der Waals surface area contributed by atoms with Crippen LogP contribution in [0.3, 0.4) is 0 Å². The Balaban J connectivity index is 1.77. The molecule has 0 bridgehead atoms. The third kappa shape index (κ3) is 8.05. The van der Waals surface area contributed by atoms with Gasteiger partial charge in [-0.15, -0.1) is 0 Å². The van der Waals surface area contributed by atoms with Gasteiger partial charge in [0.2, 0.25) is 5.91 Å². The van der Waals surface area contributed by atoms with E-state index in [1.807, 2.05) is 12.1 Å². The van der Waals surface area contributed by atoms with Gasteiger partial charge in [0.15, 0.2) is 6.10 Å². The summed E-state index contributed by atoms with van der Waals surface area (Å²) in [6.07, 6.45) is 4.09. The first-order valence-corrected chi connectivity index (χ1v) is 13.2. The summed E-state index contributed by atoms with van der Waals surface area (Å²) in [4.78, 5) is 60.9. The SMILES string of the molecule is CC(C)Cc1cccc2[nH]c(Cn3cccc(NC(=O)C(CCC=CC(=O)N(C)C)OC(=O)N(C)C)c3=O)nc12. The molecule has 2 aromatic heterocycles. The van der Waals surface area contributed by atoms with E-state index in [0.717, 1.165) is 23.0 Å². The van der Waals surface area contributed by atoms with E-state index in [1.165, 1.54) is 40.6 Å². The number of amides is 3. The zero-order valence-electron chi connectivity index (χ0n) is 23.9. The molecule has 0 saturated carbocycles. The number of hydrogen-bond donors (Lipinski definition) is 2. The van der Waals surface area contributed by atoms with E-state index in [0.29, 0.717) is 18.2 Å². The minimum atomic E-state index is -1.17. The highest BCUT2D eigenvalue weighted by molar-refractivity contribution is 5.95. The van der Waals surface area contributed by atoms with Crippen molar-refractivity contribution in [2.45, 2.75) is 45.8 Å². The van der Waals surface area contributed by atoms with Gasteiger partial charge in [-0.2, -0.15) is 0 Å². The number of H-pyrrole nitrogens is 1. The Kier molecular flexibility index (Phi) is 10.2. The number of benzene rings is 1. The van der Waals surface area contributed by atoms with E-state index in [4.69, 9.17) is 9.72 Å². The molecule has 214 valence electrons. The number of para-hydroxylation sites is 1. The fourth-order valence-electron chi connectivity index (χ4n) is 4.00. The van der Waals surface area contributed by atoms with Crippen molar-refractivity contribution in [3.8, 4) is 0 Å². The number of imidazole rings is 1. The van der Waals surface area contributed by atoms with Crippen LogP contribution in [0.1, 0.15) is 38.1 Å². The number of fused-ring (bicyclic) bond motifs is 1. The Morgan fingerprint density at radius 2 is 1.85 bits per heavy atom. The van der Waals surface area contributed by atoms with Gasteiger partial charge in [-0.25, -0.2) is 9.78 Å². The summed E-state index contributed by atoms with van der Waals surface area (Å²) in [7, 11) is 6.28. The van der Waals surface area contributed by atoms with Crippen LogP contribution in [-0.2, 0) is 27.3 Å². The van der Waals surface area contributed by atoms with Crippen molar-refractivity contribution < 1.29 is 19.1 Å². The van der Waals surface area contributed by atoms with Crippen molar-refractivity contribution in [2.24, 2.45) is 5.92 Å². The number of aromatic amines is 1. The van der Waals surface area contributed by atoms with Gasteiger partial charge in [0, 0.05) is 34.4 Å². The van der Waals surface area contributed by atoms with Gasteiger partial charge >= 0.3 is 6.09 Å². The normalized spacial score (nSPS) is 12.1. The Hall–Kier alpha value is -4.41. The van der Waals surface area contributed by atoms with Crippen molar-refractivity contribution in [2.75, 3.05) is 33.5 Å². The van der Waals surface area contributed by atoms with Crippen LogP contribution in [0.15, 0.2) is 53.5 Å². The highest BCUT2D eigenvalue weighted by Crippen LogP contribution is 2.20. The van der Waals surface area contributed by atoms with Gasteiger partial charge in [-0.1, -0.05) is 32.1 Å². The highest BCUT2D eigenvalue weighted by Gasteiger charge is 2.24. The number of nitrogens with one attached hydrogen (secondary N) is 2. The van der Waals surface area contributed by atoms with E-state index in [2.05, 4.69) is 30.2 Å². The molecule has 11 nitrogen and oxygen atoms in total. The molecule has 1 unspecified atom stereocenters. The number of hydrogen-bond acceptors (Lipinski definition) is 6. The molecule has 2 heterocycles. The number of carbonyl (C=O) groups excluding carboxylic acids is 3. The summed E-state index contributed by atoms with van der Waals surface area (Å²) in [5.74, 6) is 0.260. The first-order chi connectivity index (χ1) is 19.0. The molecule has 0 saturated heterocycles. The number of likely N-dealkylation sites (N-methyl/N-ethyl adjacent to an activating group) is 1. The smallest absolute Gasteiger partial charge is 0.410 e. The van der Waals surface area contributed by atoms with Crippen molar-refractivity contribution >= 4 is 34.6 Å². The van der Waals surface area contributed by atoms with Gasteiger partial charge in [-0.3, -0.25) is 14.4 Å². The zero-order valence-corrected chi connectivity index (χ0v) is 23.9. The van der Waals surface area contributed by atoms with Gasteiger partial charge in [-0.05, 0) is 55.0 Å². The molecule has 3 amide bonds. The predicted molar refractivity (Wildman–Crippen MR) is 154 cm³/mol. The quantitative estimate of drug-likeness (QED) is 0.352. The summed E-state index contributed by atoms with van der Waals surface area (Å²) in [5, 5.41) is 2.61. The summed E-state index contributed by atoms with van der Waals surface area (Å²) in [6.45, 7) is 4.49. The van der Waals surface area contributed by atoms with Crippen LogP contribution < -0.4 is 10.9 Å². The molecule has 3 aromatic rings. The summed E-state index contributed by atoms with van der Waals surface area (Å²) < 4.78 is 6.81. The highest BCUT2D eigenvalue weighted by atomic mass is 16.6. The van der Waals surface area contributed by atoms with Crippen LogP contribution in [0.5, 0.6) is 0 Å². The molecular weight excluding hydrogens is 512 g/mol. The first kappa shape index (κ1) is 30.1. The lowest BCUT2D eigenvalue weighted by Gasteiger charge is -2.19. The maximum Gasteiger partial charge on any atom is 0.410 e. The molecule has 0 aliphatic rings. The number of nitrogens with zero attached hydrogens (tertiary/aromatic N) is 4. The average molecular weight is 551 g/mol. The van der Waals surface area contributed by atoms with Crippen molar-refractivity contribution in [1.29, 1.82) is 0 Å². The van der Waals surface area contributed by atoms with Gasteiger partial charge in [0.05, 0.1) is 17.6 Å². The fourth-order valence-corrected chi connectivity index (χ4v) is 4.00. The molecule has 11 heteroatoms. The Morgan fingerprint density at radius 3 is 2.52 bits per heavy atom. The number of allylic oxidation sites excluding steroid dienone is 1. The molecule has 3 rings (SSSR count). The van der Waals surface area contributed by atoms with Crippen LogP contribution in [0.25, 0.3) is 11.0 Å². The minimum Gasteiger partial charge on any atom is -0.436 e. The Bertz CT molecular complexity index is 1440. The van der Waals surface area contributed by atoms with Gasteiger partial charge in [0.25, 0.3) is 11.5 Å². The van der Waals surface area contributed by atoms with Crippen molar-refractivity contribution in [3.05, 3.63) is 70.4 Å². The van der Waals surface area contributed by atoms with Gasteiger partial charge in [0.1, 0.15) is 11.5 Å². The molecule has 0 radical (unpaired) electrons. The monoisotopic (exact) mass is 550 g/mol. The van der Waals surface area contributed by atoms with Crippen LogP contribution >= 0.6 is 0 Å². The average Bonchev–Trinajstić information content (AvgIpc) is 3.31. The number of pyridine rings is 1. The lowest BCUT2D eigenvalue weighted by molar-refractivity contribution is -0.125. The molecule has 0 spiro atoms. The minimum absolute atomic E-state index is 0.0494. The number of anilines is 1. The van der Waals surface area contributed by atoms with E-state index >= 15 is 0 Å². The second-order valence-electron chi connectivity index (χ2n) is 10.4. The summed E-state index contributed by atoms with van der Waals surface area (Å²) in [5.41, 5.74) is 2.55. The second kappa shape index (κ2) is 13.6. The molecule has 40 heavy (non-hydrogen) atoms. The Morgan fingerprint density at radius 1 is 1.10 bits per heavy atom. The third-order valence-corrected chi connectivity index (χ3v) is 6.07. The summed E-state index contributed by atoms with van der Waals surface area (Å²) >= 11 is 0. The zero-order chi connectivity index (χ0) is 29.4. The van der Waals surface area contributed by atoms with E-state index in [9.17, 15) is 19.2 Å². The Labute approximate surface area is 233 Å². The summed E-state index contributed by atoms with van der Waals surface area (Å²) in [6, 6.07) is 9.15. The molecule has 1 aromatic carbocycles. The molecule has 0 aliphatic carbocycles. The molecular formula is C29H38N6O5. The van der Waals surface area contributed by atoms with Crippen LogP contribution in [-0.4, -0.2) is 76.5 Å². The molecule has 2 N–H and O–H groups in total. The van der Waals surface area contributed by atoms with Crippen LogP contribution in [0.4, 0.5) is 10.5 Å². The van der Waals surface area contributed by atoms with Crippen LogP contribution in [0, 0.1) is 5.92 Å². The molecule has 1 atom stereocenters. The third-order valence-electron chi connectivity index (χ3n) is 6.07. The number of rotatable bonds is 11. The number of ether oxygens (including phenoxy) is 1. The van der Waals surface area contributed by atoms with Crippen molar-refractivity contribution in [3.63, 3.8) is 0 Å². The molecule has 0 aliphatic heterocycles. The standard InChI is InChI=1S/C29H38N6O5/c1-19(2)17-20-11-9-12-21-26(20)32-24(30-21)18-35-16-10-13-22(28(35)38)31-27(37)23(40-29(39)34(5)6)14-7-8-15-25(36)33(3)4/h8-13,15-16,19,23H,7,14,17-18H2,1-6H3,(H,30,32)(H,31,37). The lowest BCUT2D eigenvalue weighted by atomic mass is 10.0. The predicted octanol–water partition coefficient (Wildman–Crippen LogP) is 3.40. The fraction of sp³-hybridized carbons (Fsp3) is 0.414.